The van der Waals surface area contributed by atoms with Crippen molar-refractivity contribution in [2.45, 2.75) is 43.9 Å². The van der Waals surface area contributed by atoms with Crippen molar-refractivity contribution in [2.24, 2.45) is 17.8 Å². The molecule has 4 nitrogen and oxygen atoms in total. The van der Waals surface area contributed by atoms with Gasteiger partial charge in [0.1, 0.15) is 0 Å². The Morgan fingerprint density at radius 3 is 1.44 bits per heavy atom. The third-order valence-electron chi connectivity index (χ3n) is 11.1. The van der Waals surface area contributed by atoms with Gasteiger partial charge in [0, 0.05) is 22.3 Å². The van der Waals surface area contributed by atoms with Crippen LogP contribution in [0.2, 0.25) is 0 Å². The molecule has 4 aliphatic carbocycles. The van der Waals surface area contributed by atoms with Crippen molar-refractivity contribution in [1.82, 2.24) is 15.0 Å². The molecule has 0 amide bonds. The lowest BCUT2D eigenvalue weighted by molar-refractivity contribution is -0.00518. The number of nitrogens with zero attached hydrogens (tertiary/aromatic N) is 4. The molecular weight excluding hydrogens is 585 g/mol. The molecule has 10 rings (SSSR count). The van der Waals surface area contributed by atoms with Gasteiger partial charge < -0.3 is 0 Å². The second-order valence-corrected chi connectivity index (χ2v) is 14.2. The van der Waals surface area contributed by atoms with E-state index in [1.165, 1.54) is 44.1 Å². The smallest absolute Gasteiger partial charge is 0.164 e. The summed E-state index contributed by atoms with van der Waals surface area (Å²) >= 11 is 0. The molecule has 0 N–H and O–H groups in total. The van der Waals surface area contributed by atoms with Gasteiger partial charge >= 0.3 is 0 Å². The molecule has 48 heavy (non-hydrogen) atoms. The maximum atomic E-state index is 10.6. The monoisotopic (exact) mass is 620 g/mol. The molecule has 4 aliphatic rings. The Kier molecular flexibility index (Phi) is 7.01. The van der Waals surface area contributed by atoms with Gasteiger partial charge in [0.2, 0.25) is 0 Å². The molecule has 0 saturated heterocycles. The van der Waals surface area contributed by atoms with E-state index >= 15 is 0 Å². The standard InChI is InChI=1S/C44H36N4/c45-28-36-23-40(43-47-41(34-12-6-2-7-13-34)46-42(48-43)35-14-8-3-9-15-35)39(32-10-4-1-5-11-32)24-38(36)33-16-18-37(19-17-33)44-25-29-20-30(26-44)22-31(21-29)27-44/h1-19,23-24,29-31H,20-22,25-27H2/t29-,30-,31-,44?. The largest absolute Gasteiger partial charge is 0.208 e. The van der Waals surface area contributed by atoms with Crippen LogP contribution in [0.25, 0.3) is 56.4 Å². The van der Waals surface area contributed by atoms with Gasteiger partial charge in [-0.3, -0.25) is 0 Å². The zero-order chi connectivity index (χ0) is 32.1. The van der Waals surface area contributed by atoms with Gasteiger partial charge in [-0.05, 0) is 96.1 Å². The molecule has 6 aromatic rings. The zero-order valence-electron chi connectivity index (χ0n) is 26.9. The summed E-state index contributed by atoms with van der Waals surface area (Å²) in [4.78, 5) is 15.0. The van der Waals surface area contributed by atoms with Crippen LogP contribution in [0, 0.1) is 29.1 Å². The molecule has 232 valence electrons. The highest BCUT2D eigenvalue weighted by Gasteiger charge is 2.51. The lowest BCUT2D eigenvalue weighted by Gasteiger charge is -2.57. The van der Waals surface area contributed by atoms with Gasteiger partial charge in [0.25, 0.3) is 0 Å². The summed E-state index contributed by atoms with van der Waals surface area (Å²) in [6.07, 6.45) is 8.36. The fourth-order valence-electron chi connectivity index (χ4n) is 9.37. The molecule has 4 saturated carbocycles. The molecule has 0 radical (unpaired) electrons. The maximum absolute atomic E-state index is 10.6. The average molecular weight is 621 g/mol. The molecule has 0 unspecified atom stereocenters. The van der Waals surface area contributed by atoms with Gasteiger partial charge in [-0.25, -0.2) is 15.0 Å². The summed E-state index contributed by atoms with van der Waals surface area (Å²) in [7, 11) is 0. The molecule has 4 heteroatoms. The van der Waals surface area contributed by atoms with E-state index in [0.717, 1.165) is 56.7 Å². The molecule has 0 atom stereocenters. The van der Waals surface area contributed by atoms with E-state index < -0.39 is 0 Å². The topological polar surface area (TPSA) is 62.5 Å². The van der Waals surface area contributed by atoms with Crippen LogP contribution in [0.15, 0.2) is 127 Å². The highest BCUT2D eigenvalue weighted by atomic mass is 15.0. The average Bonchev–Trinajstić information content (AvgIpc) is 3.15. The van der Waals surface area contributed by atoms with Crippen molar-refractivity contribution in [2.75, 3.05) is 0 Å². The van der Waals surface area contributed by atoms with Crippen molar-refractivity contribution in [3.63, 3.8) is 0 Å². The third-order valence-corrected chi connectivity index (χ3v) is 11.1. The summed E-state index contributed by atoms with van der Waals surface area (Å²) < 4.78 is 0. The molecule has 0 aliphatic heterocycles. The maximum Gasteiger partial charge on any atom is 0.164 e. The second-order valence-electron chi connectivity index (χ2n) is 14.2. The fraction of sp³-hybridized carbons (Fsp3) is 0.227. The van der Waals surface area contributed by atoms with E-state index in [9.17, 15) is 5.26 Å². The lowest BCUT2D eigenvalue weighted by atomic mass is 9.48. The molecule has 5 aromatic carbocycles. The van der Waals surface area contributed by atoms with Gasteiger partial charge in [0.15, 0.2) is 17.5 Å². The number of hydrogen-bond acceptors (Lipinski definition) is 4. The first-order valence-corrected chi connectivity index (χ1v) is 17.3. The minimum atomic E-state index is 0.343. The highest BCUT2D eigenvalue weighted by Crippen LogP contribution is 2.60. The molecule has 1 aromatic heterocycles. The van der Waals surface area contributed by atoms with E-state index in [0.29, 0.717) is 28.5 Å². The van der Waals surface area contributed by atoms with Crippen LogP contribution < -0.4 is 0 Å². The molecule has 4 fully saturated rings. The van der Waals surface area contributed by atoms with Crippen LogP contribution >= 0.6 is 0 Å². The van der Waals surface area contributed by atoms with Gasteiger partial charge in [-0.2, -0.15) is 5.26 Å². The van der Waals surface area contributed by atoms with E-state index in [1.807, 2.05) is 72.8 Å². The molecule has 4 bridgehead atoms. The minimum absolute atomic E-state index is 0.343. The third kappa shape index (κ3) is 5.11. The van der Waals surface area contributed by atoms with Crippen molar-refractivity contribution >= 4 is 0 Å². The van der Waals surface area contributed by atoms with Crippen molar-refractivity contribution in [3.05, 3.63) is 139 Å². The van der Waals surface area contributed by atoms with Crippen LogP contribution in [0.4, 0.5) is 0 Å². The SMILES string of the molecule is N#Cc1cc(-c2nc(-c3ccccc3)nc(-c3ccccc3)n2)c(-c2ccccc2)cc1-c1ccc(C23C[C@H]4C[C@H](C2)C[C@@H](C3)C4)cc1. The van der Waals surface area contributed by atoms with Crippen molar-refractivity contribution < 1.29 is 0 Å². The first kappa shape index (κ1) is 28.8. The first-order valence-electron chi connectivity index (χ1n) is 17.3. The predicted octanol–water partition coefficient (Wildman–Crippen LogP) is 10.5. The van der Waals surface area contributed by atoms with Gasteiger partial charge in [0.05, 0.1) is 11.6 Å². The van der Waals surface area contributed by atoms with Crippen LogP contribution in [0.1, 0.15) is 49.7 Å². The Labute approximate surface area is 282 Å². The number of rotatable bonds is 6. The van der Waals surface area contributed by atoms with Crippen molar-refractivity contribution in [3.8, 4) is 62.5 Å². The number of aromatic nitrogens is 3. The Balaban J connectivity index is 1.18. The summed E-state index contributed by atoms with van der Waals surface area (Å²) in [6.45, 7) is 0. The number of benzene rings is 5. The van der Waals surface area contributed by atoms with E-state index in [-0.39, 0.29) is 0 Å². The van der Waals surface area contributed by atoms with Gasteiger partial charge in [-0.15, -0.1) is 0 Å². The Morgan fingerprint density at radius 1 is 0.479 bits per heavy atom. The number of hydrogen-bond donors (Lipinski definition) is 0. The van der Waals surface area contributed by atoms with Crippen LogP contribution in [-0.4, -0.2) is 15.0 Å². The van der Waals surface area contributed by atoms with E-state index in [1.54, 1.807) is 0 Å². The first-order chi connectivity index (χ1) is 23.6. The summed E-state index contributed by atoms with van der Waals surface area (Å²) in [5.74, 6) is 4.45. The second kappa shape index (κ2) is 11.7. The lowest BCUT2D eigenvalue weighted by Crippen LogP contribution is -2.48. The van der Waals surface area contributed by atoms with Crippen molar-refractivity contribution in [1.29, 1.82) is 5.26 Å². The van der Waals surface area contributed by atoms with Crippen LogP contribution in [0.5, 0.6) is 0 Å². The fourth-order valence-corrected chi connectivity index (χ4v) is 9.37. The summed E-state index contributed by atoms with van der Waals surface area (Å²) in [5.41, 5.74) is 9.11. The zero-order valence-corrected chi connectivity index (χ0v) is 26.9. The minimum Gasteiger partial charge on any atom is -0.208 e. The van der Waals surface area contributed by atoms with E-state index in [4.69, 9.17) is 15.0 Å². The van der Waals surface area contributed by atoms with Crippen LogP contribution in [0.3, 0.4) is 0 Å². The predicted molar refractivity (Wildman–Crippen MR) is 192 cm³/mol. The Hall–Kier alpha value is -5.40. The van der Waals surface area contributed by atoms with Gasteiger partial charge in [-0.1, -0.05) is 115 Å². The highest BCUT2D eigenvalue weighted by molar-refractivity contribution is 5.88. The summed E-state index contributed by atoms with van der Waals surface area (Å²) in [6, 6.07) is 46.3. The molecular formula is C44H36N4. The Morgan fingerprint density at radius 2 is 0.938 bits per heavy atom. The van der Waals surface area contributed by atoms with Crippen LogP contribution in [-0.2, 0) is 5.41 Å². The normalized spacial score (nSPS) is 22.4. The van der Waals surface area contributed by atoms with E-state index in [2.05, 4.69) is 60.7 Å². The summed E-state index contributed by atoms with van der Waals surface area (Å²) in [5, 5.41) is 10.6. The quantitative estimate of drug-likeness (QED) is 0.186. The molecule has 1 heterocycles. The number of nitriles is 1. The Bertz CT molecular complexity index is 2060. The molecule has 0 spiro atoms.